The van der Waals surface area contributed by atoms with Crippen molar-refractivity contribution < 1.29 is 0 Å². The van der Waals surface area contributed by atoms with E-state index in [4.69, 9.17) is 9.98 Å². The molecule has 1 saturated carbocycles. The van der Waals surface area contributed by atoms with Gasteiger partial charge in [0.2, 0.25) is 5.96 Å². The quantitative estimate of drug-likeness (QED) is 0.200. The third-order valence-corrected chi connectivity index (χ3v) is 10.6. The number of rotatable bonds is 1. The fourth-order valence-corrected chi connectivity index (χ4v) is 8.81. The minimum absolute atomic E-state index is 0.175. The Balaban J connectivity index is 1.24. The summed E-state index contributed by atoms with van der Waals surface area (Å²) in [5, 5.41) is 2.39. The van der Waals surface area contributed by atoms with E-state index in [-0.39, 0.29) is 5.54 Å². The minimum Gasteiger partial charge on any atom is -0.293 e. The van der Waals surface area contributed by atoms with Crippen LogP contribution in [0.4, 0.5) is 17.1 Å². The van der Waals surface area contributed by atoms with Gasteiger partial charge < -0.3 is 0 Å². The number of benzene rings is 4. The fourth-order valence-electron chi connectivity index (χ4n) is 8.81. The van der Waals surface area contributed by atoms with E-state index in [1.165, 1.54) is 50.1 Å². The third-order valence-electron chi connectivity index (χ3n) is 10.6. The number of aliphatic imine (C=N–C) groups is 1. The van der Waals surface area contributed by atoms with Crippen LogP contribution >= 0.6 is 0 Å². The van der Waals surface area contributed by atoms with Gasteiger partial charge in [0.1, 0.15) is 11.2 Å². The molecular weight excluding hydrogens is 538 g/mol. The highest BCUT2D eigenvalue weighted by Crippen LogP contribution is 2.62. The number of para-hydroxylation sites is 4. The second-order valence-electron chi connectivity index (χ2n) is 12.7. The number of anilines is 3. The van der Waals surface area contributed by atoms with Gasteiger partial charge in [-0.25, -0.2) is 9.98 Å². The van der Waals surface area contributed by atoms with E-state index < -0.39 is 0 Å². The Morgan fingerprint density at radius 1 is 0.705 bits per heavy atom. The predicted octanol–water partition coefficient (Wildman–Crippen LogP) is 8.56. The molecule has 11 rings (SSSR count). The monoisotopic (exact) mass is 565 g/mol. The molecule has 1 spiro atoms. The topological polar surface area (TPSA) is 36.7 Å². The molecule has 44 heavy (non-hydrogen) atoms. The smallest absolute Gasteiger partial charge is 0.216 e. The van der Waals surface area contributed by atoms with E-state index in [0.29, 0.717) is 11.8 Å². The zero-order valence-corrected chi connectivity index (χ0v) is 23.9. The minimum atomic E-state index is -0.175. The first-order chi connectivity index (χ1) is 21.8. The van der Waals surface area contributed by atoms with Gasteiger partial charge in [0.05, 0.1) is 34.0 Å². The van der Waals surface area contributed by atoms with Crippen LogP contribution in [-0.2, 0) is 6.42 Å². The molecule has 3 atom stereocenters. The van der Waals surface area contributed by atoms with Crippen molar-refractivity contribution in [1.82, 2.24) is 9.55 Å². The molecule has 208 valence electrons. The van der Waals surface area contributed by atoms with Gasteiger partial charge in [0, 0.05) is 34.0 Å². The van der Waals surface area contributed by atoms with Crippen LogP contribution in [0.2, 0.25) is 0 Å². The maximum atomic E-state index is 5.67. The highest BCUT2D eigenvalue weighted by atomic mass is 15.5. The highest BCUT2D eigenvalue weighted by molar-refractivity contribution is 6.25. The lowest BCUT2D eigenvalue weighted by molar-refractivity contribution is 0.110. The molecule has 3 aliphatic heterocycles. The highest BCUT2D eigenvalue weighted by Gasteiger charge is 2.62. The lowest BCUT2D eigenvalue weighted by Crippen LogP contribution is -2.54. The Bertz CT molecular complexity index is 2290. The second kappa shape index (κ2) is 7.94. The van der Waals surface area contributed by atoms with Crippen molar-refractivity contribution in [2.45, 2.75) is 18.4 Å². The average molecular weight is 566 g/mol. The number of nitrogens with zero attached hydrogens (tertiary/aromatic N) is 5. The Morgan fingerprint density at radius 2 is 1.50 bits per heavy atom. The SMILES string of the molecule is C1=CC2C3Cc4ccc(-n5c6ccccc6c6cccnc65)c(c4)-c4ccccc4N4C5=NC2(C3)C(=C1)N5c1ccccc14. The van der Waals surface area contributed by atoms with Crippen LogP contribution in [0, 0.1) is 11.8 Å². The van der Waals surface area contributed by atoms with Crippen molar-refractivity contribution in [3.8, 4) is 16.8 Å². The third kappa shape index (κ3) is 2.67. The molecule has 5 nitrogen and oxygen atoms in total. The summed E-state index contributed by atoms with van der Waals surface area (Å²) in [6.07, 6.45) is 11.0. The standard InChI is InChI=1S/C39H27N5/c1-3-13-31-26(9-1)28-11-8-20-40-37(28)42(31)33-19-18-24-21-25-23-39-30(25)12-7-17-36(39)44-35-16-6-5-15-34(35)43(38(44)41-39)32-14-4-2-10-27(32)29(33)22-24/h1-20,22,25,30H,21,23H2. The predicted molar refractivity (Wildman–Crippen MR) is 178 cm³/mol. The van der Waals surface area contributed by atoms with Crippen LogP contribution in [0.3, 0.4) is 0 Å². The lowest BCUT2D eigenvalue weighted by atomic mass is 9.55. The summed E-state index contributed by atoms with van der Waals surface area (Å²) in [7, 11) is 0. The molecule has 3 unspecified atom stereocenters. The van der Waals surface area contributed by atoms with Crippen molar-refractivity contribution in [2.24, 2.45) is 16.8 Å². The van der Waals surface area contributed by atoms with Crippen LogP contribution in [0.5, 0.6) is 0 Å². The summed E-state index contributed by atoms with van der Waals surface area (Å²) in [5.74, 6) is 1.97. The zero-order valence-electron chi connectivity index (χ0n) is 23.9. The molecule has 6 aromatic rings. The van der Waals surface area contributed by atoms with Gasteiger partial charge >= 0.3 is 0 Å². The molecule has 5 heteroatoms. The number of allylic oxidation sites excluding steroid dienone is 2. The molecule has 0 amide bonds. The molecular formula is C39H27N5. The molecule has 5 bridgehead atoms. The fraction of sp³-hybridized carbons (Fsp3) is 0.128. The molecule has 0 saturated heterocycles. The van der Waals surface area contributed by atoms with Gasteiger partial charge in [-0.05, 0) is 78.9 Å². The van der Waals surface area contributed by atoms with Crippen molar-refractivity contribution in [2.75, 3.05) is 9.80 Å². The Labute approximate surface area is 254 Å². The van der Waals surface area contributed by atoms with E-state index in [1.54, 1.807) is 0 Å². The number of pyridine rings is 1. The van der Waals surface area contributed by atoms with E-state index >= 15 is 0 Å². The zero-order chi connectivity index (χ0) is 28.6. The number of guanidine groups is 1. The van der Waals surface area contributed by atoms with Gasteiger partial charge in [-0.3, -0.25) is 14.4 Å². The number of hydrogen-bond donors (Lipinski definition) is 0. The van der Waals surface area contributed by atoms with Gasteiger partial charge in [-0.2, -0.15) is 0 Å². The molecule has 2 aliphatic carbocycles. The molecule has 0 N–H and O–H groups in total. The van der Waals surface area contributed by atoms with E-state index in [9.17, 15) is 0 Å². The molecule has 5 heterocycles. The largest absolute Gasteiger partial charge is 0.293 e. The van der Waals surface area contributed by atoms with Gasteiger partial charge in [0.25, 0.3) is 0 Å². The Kier molecular flexibility index (Phi) is 4.17. The summed E-state index contributed by atoms with van der Waals surface area (Å²) < 4.78 is 2.36. The van der Waals surface area contributed by atoms with E-state index in [2.05, 4.69) is 130 Å². The summed E-state index contributed by atoms with van der Waals surface area (Å²) in [6.45, 7) is 0. The number of fused-ring (bicyclic) bond motifs is 12. The van der Waals surface area contributed by atoms with Crippen LogP contribution in [0.25, 0.3) is 38.8 Å². The Hall–Kier alpha value is -5.42. The van der Waals surface area contributed by atoms with Gasteiger partial charge in [-0.1, -0.05) is 66.7 Å². The van der Waals surface area contributed by atoms with Crippen LogP contribution in [0.1, 0.15) is 12.0 Å². The summed E-state index contributed by atoms with van der Waals surface area (Å²) in [4.78, 5) is 15.4. The number of aromatic nitrogens is 2. The average Bonchev–Trinajstić information content (AvgIpc) is 3.69. The Morgan fingerprint density at radius 3 is 2.43 bits per heavy atom. The van der Waals surface area contributed by atoms with Crippen LogP contribution < -0.4 is 9.80 Å². The molecule has 1 fully saturated rings. The van der Waals surface area contributed by atoms with Gasteiger partial charge in [0.15, 0.2) is 0 Å². The first kappa shape index (κ1) is 23.1. The van der Waals surface area contributed by atoms with Crippen LogP contribution in [-0.4, -0.2) is 21.0 Å². The van der Waals surface area contributed by atoms with E-state index in [1.807, 2.05) is 12.3 Å². The molecule has 2 aromatic heterocycles. The van der Waals surface area contributed by atoms with Crippen molar-refractivity contribution >= 4 is 45.0 Å². The normalized spacial score (nSPS) is 23.5. The van der Waals surface area contributed by atoms with E-state index in [0.717, 1.165) is 35.8 Å². The number of hydrogen-bond acceptors (Lipinski definition) is 4. The lowest BCUT2D eigenvalue weighted by Gasteiger charge is -2.52. The second-order valence-corrected chi connectivity index (χ2v) is 12.7. The van der Waals surface area contributed by atoms with Crippen molar-refractivity contribution in [3.63, 3.8) is 0 Å². The summed E-state index contributed by atoms with van der Waals surface area (Å²) in [6, 6.07) is 37.7. The maximum absolute atomic E-state index is 5.67. The first-order valence-electron chi connectivity index (χ1n) is 15.6. The first-order valence-corrected chi connectivity index (χ1v) is 15.6. The maximum Gasteiger partial charge on any atom is 0.216 e. The van der Waals surface area contributed by atoms with Crippen LogP contribution in [0.15, 0.2) is 138 Å². The summed E-state index contributed by atoms with van der Waals surface area (Å²) in [5.41, 5.74) is 11.7. The van der Waals surface area contributed by atoms with Gasteiger partial charge in [-0.15, -0.1) is 0 Å². The van der Waals surface area contributed by atoms with Crippen molar-refractivity contribution in [1.29, 1.82) is 0 Å². The van der Waals surface area contributed by atoms with Crippen molar-refractivity contribution in [3.05, 3.63) is 139 Å². The molecule has 0 radical (unpaired) electrons. The molecule has 5 aliphatic rings. The molecule has 4 aromatic carbocycles. The summed E-state index contributed by atoms with van der Waals surface area (Å²) >= 11 is 0.